The SMILES string of the molecule is O=C(c1ccncc1F)N1CCC[C@H](c2cc(-c3cc(Br)c[nH]3)n[nH]2)C1. The number of nitrogens with one attached hydrogen (secondary N) is 2. The Morgan fingerprint density at radius 2 is 2.27 bits per heavy atom. The summed E-state index contributed by atoms with van der Waals surface area (Å²) < 4.78 is 14.8. The number of carbonyl (C=O) groups is 1. The number of hydrogen-bond acceptors (Lipinski definition) is 3. The number of hydrogen-bond donors (Lipinski definition) is 2. The Balaban J connectivity index is 1.51. The number of aromatic amines is 2. The minimum Gasteiger partial charge on any atom is -0.359 e. The van der Waals surface area contributed by atoms with Gasteiger partial charge in [-0.15, -0.1) is 0 Å². The van der Waals surface area contributed by atoms with Crippen molar-refractivity contribution in [2.75, 3.05) is 13.1 Å². The zero-order chi connectivity index (χ0) is 18.1. The maximum Gasteiger partial charge on any atom is 0.256 e. The third kappa shape index (κ3) is 3.29. The molecule has 0 saturated carbocycles. The van der Waals surface area contributed by atoms with Crippen LogP contribution in [-0.2, 0) is 0 Å². The van der Waals surface area contributed by atoms with Crippen LogP contribution in [0.1, 0.15) is 34.8 Å². The summed E-state index contributed by atoms with van der Waals surface area (Å²) in [6.07, 6.45) is 6.19. The molecule has 26 heavy (non-hydrogen) atoms. The molecule has 1 saturated heterocycles. The predicted molar refractivity (Wildman–Crippen MR) is 98.1 cm³/mol. The van der Waals surface area contributed by atoms with Crippen molar-refractivity contribution in [3.8, 4) is 11.4 Å². The van der Waals surface area contributed by atoms with Crippen molar-refractivity contribution in [3.63, 3.8) is 0 Å². The van der Waals surface area contributed by atoms with Crippen LogP contribution in [0.25, 0.3) is 11.4 Å². The van der Waals surface area contributed by atoms with Gasteiger partial charge < -0.3 is 9.88 Å². The Hall–Kier alpha value is -2.48. The normalized spacial score (nSPS) is 17.5. The standard InChI is InChI=1S/C18H17BrFN5O/c19-12-6-16(22-8-12)17-7-15(23-24-17)11-2-1-5-25(10-11)18(26)13-3-4-21-9-14(13)20/h3-4,6-9,11,22H,1-2,5,10H2,(H,23,24)/t11-/m0/s1. The monoisotopic (exact) mass is 417 g/mol. The molecule has 0 aliphatic carbocycles. The van der Waals surface area contributed by atoms with E-state index in [2.05, 4.69) is 36.1 Å². The third-order valence-corrected chi connectivity index (χ3v) is 5.13. The van der Waals surface area contributed by atoms with Crippen molar-refractivity contribution in [2.24, 2.45) is 0 Å². The number of rotatable bonds is 3. The predicted octanol–water partition coefficient (Wildman–Crippen LogP) is 3.72. The number of carbonyl (C=O) groups excluding carboxylic acids is 1. The van der Waals surface area contributed by atoms with Crippen LogP contribution in [0, 0.1) is 5.82 Å². The van der Waals surface area contributed by atoms with Crippen molar-refractivity contribution < 1.29 is 9.18 Å². The highest BCUT2D eigenvalue weighted by molar-refractivity contribution is 9.10. The van der Waals surface area contributed by atoms with Crippen LogP contribution in [0.2, 0.25) is 0 Å². The van der Waals surface area contributed by atoms with E-state index in [4.69, 9.17) is 0 Å². The molecule has 3 aromatic heterocycles. The van der Waals surface area contributed by atoms with Gasteiger partial charge in [-0.05, 0) is 47.0 Å². The molecule has 1 atom stereocenters. The zero-order valence-electron chi connectivity index (χ0n) is 13.9. The van der Waals surface area contributed by atoms with Gasteiger partial charge in [0.2, 0.25) is 0 Å². The number of aromatic nitrogens is 4. The Morgan fingerprint density at radius 3 is 3.04 bits per heavy atom. The number of amides is 1. The van der Waals surface area contributed by atoms with E-state index < -0.39 is 5.82 Å². The second-order valence-corrected chi connectivity index (χ2v) is 7.30. The van der Waals surface area contributed by atoms with Gasteiger partial charge in [0.25, 0.3) is 5.91 Å². The Bertz CT molecular complexity index is 937. The molecule has 2 N–H and O–H groups in total. The van der Waals surface area contributed by atoms with Crippen LogP contribution in [0.5, 0.6) is 0 Å². The summed E-state index contributed by atoms with van der Waals surface area (Å²) in [5.41, 5.74) is 2.80. The zero-order valence-corrected chi connectivity index (χ0v) is 15.5. The highest BCUT2D eigenvalue weighted by Crippen LogP contribution is 2.29. The lowest BCUT2D eigenvalue weighted by atomic mass is 9.94. The molecule has 0 radical (unpaired) electrons. The first-order chi connectivity index (χ1) is 12.6. The Morgan fingerprint density at radius 1 is 1.38 bits per heavy atom. The molecule has 0 unspecified atom stereocenters. The second kappa shape index (κ2) is 7.03. The summed E-state index contributed by atoms with van der Waals surface area (Å²) >= 11 is 3.42. The van der Waals surface area contributed by atoms with Crippen molar-refractivity contribution >= 4 is 21.8 Å². The van der Waals surface area contributed by atoms with Crippen LogP contribution >= 0.6 is 15.9 Å². The van der Waals surface area contributed by atoms with Crippen LogP contribution in [0.15, 0.2) is 41.3 Å². The number of piperidine rings is 1. The number of H-pyrrole nitrogens is 2. The van der Waals surface area contributed by atoms with Crippen LogP contribution in [0.4, 0.5) is 4.39 Å². The van der Waals surface area contributed by atoms with Gasteiger partial charge in [-0.3, -0.25) is 14.9 Å². The van der Waals surface area contributed by atoms with Crippen molar-refractivity contribution in [1.29, 1.82) is 0 Å². The first kappa shape index (κ1) is 17.0. The maximum atomic E-state index is 13.9. The summed E-state index contributed by atoms with van der Waals surface area (Å²) in [5.74, 6) is -0.722. The summed E-state index contributed by atoms with van der Waals surface area (Å²) in [5, 5.41) is 7.45. The lowest BCUT2D eigenvalue weighted by Crippen LogP contribution is -2.39. The first-order valence-corrected chi connectivity index (χ1v) is 9.19. The van der Waals surface area contributed by atoms with Gasteiger partial charge >= 0.3 is 0 Å². The average molecular weight is 418 g/mol. The number of nitrogens with zero attached hydrogens (tertiary/aromatic N) is 3. The fourth-order valence-corrected chi connectivity index (χ4v) is 3.68. The molecule has 0 spiro atoms. The van der Waals surface area contributed by atoms with Gasteiger partial charge in [0.15, 0.2) is 5.82 Å². The molecule has 134 valence electrons. The minimum atomic E-state index is -0.583. The van der Waals surface area contributed by atoms with Crippen LogP contribution in [-0.4, -0.2) is 44.1 Å². The molecular formula is C18H17BrFN5O. The van der Waals surface area contributed by atoms with E-state index in [1.165, 1.54) is 12.3 Å². The summed E-state index contributed by atoms with van der Waals surface area (Å²) in [6, 6.07) is 5.39. The van der Waals surface area contributed by atoms with E-state index >= 15 is 0 Å². The molecule has 0 bridgehead atoms. The lowest BCUT2D eigenvalue weighted by Gasteiger charge is -2.32. The van der Waals surface area contributed by atoms with E-state index in [0.29, 0.717) is 13.1 Å². The van der Waals surface area contributed by atoms with E-state index in [1.54, 1.807) is 4.90 Å². The van der Waals surface area contributed by atoms with E-state index in [1.807, 2.05) is 18.3 Å². The molecule has 4 rings (SSSR count). The highest BCUT2D eigenvalue weighted by atomic mass is 79.9. The van der Waals surface area contributed by atoms with Gasteiger partial charge in [-0.25, -0.2) is 4.39 Å². The fourth-order valence-electron chi connectivity index (χ4n) is 3.33. The van der Waals surface area contributed by atoms with Gasteiger partial charge in [0, 0.05) is 41.6 Å². The third-order valence-electron chi connectivity index (χ3n) is 4.67. The number of halogens is 2. The molecule has 1 aliphatic rings. The Labute approximate surface area is 158 Å². The minimum absolute atomic E-state index is 0.0715. The number of pyridine rings is 1. The van der Waals surface area contributed by atoms with Crippen molar-refractivity contribution in [3.05, 3.63) is 58.3 Å². The summed E-state index contributed by atoms with van der Waals surface area (Å²) in [4.78, 5) is 21.2. The van der Waals surface area contributed by atoms with Crippen LogP contribution in [0.3, 0.4) is 0 Å². The largest absolute Gasteiger partial charge is 0.359 e. The molecule has 3 aromatic rings. The lowest BCUT2D eigenvalue weighted by molar-refractivity contribution is 0.0701. The fraction of sp³-hybridized carbons (Fsp3) is 0.278. The smallest absolute Gasteiger partial charge is 0.256 e. The molecule has 4 heterocycles. The molecule has 1 aliphatic heterocycles. The molecule has 0 aromatic carbocycles. The first-order valence-electron chi connectivity index (χ1n) is 8.40. The van der Waals surface area contributed by atoms with Crippen LogP contribution < -0.4 is 0 Å². The molecular weight excluding hydrogens is 401 g/mol. The highest BCUT2D eigenvalue weighted by Gasteiger charge is 2.28. The van der Waals surface area contributed by atoms with E-state index in [9.17, 15) is 9.18 Å². The average Bonchev–Trinajstić information content (AvgIpc) is 3.31. The molecule has 6 nitrogen and oxygen atoms in total. The van der Waals surface area contributed by atoms with Gasteiger partial charge in [0.05, 0.1) is 17.5 Å². The van der Waals surface area contributed by atoms with Crippen molar-refractivity contribution in [2.45, 2.75) is 18.8 Å². The molecule has 8 heteroatoms. The van der Waals surface area contributed by atoms with Gasteiger partial charge in [0.1, 0.15) is 5.69 Å². The quantitative estimate of drug-likeness (QED) is 0.681. The number of likely N-dealkylation sites (tertiary alicyclic amines) is 1. The van der Waals surface area contributed by atoms with Crippen molar-refractivity contribution in [1.82, 2.24) is 25.1 Å². The van der Waals surface area contributed by atoms with E-state index in [0.717, 1.165) is 40.6 Å². The topological polar surface area (TPSA) is 77.7 Å². The molecule has 1 amide bonds. The summed E-state index contributed by atoms with van der Waals surface area (Å²) in [7, 11) is 0. The molecule has 1 fully saturated rings. The van der Waals surface area contributed by atoms with Gasteiger partial charge in [-0.1, -0.05) is 0 Å². The summed E-state index contributed by atoms with van der Waals surface area (Å²) in [6.45, 7) is 1.16. The van der Waals surface area contributed by atoms with Gasteiger partial charge in [-0.2, -0.15) is 5.10 Å². The maximum absolute atomic E-state index is 13.9. The second-order valence-electron chi connectivity index (χ2n) is 6.39. The Kier molecular flexibility index (Phi) is 4.58. The van der Waals surface area contributed by atoms with E-state index in [-0.39, 0.29) is 17.4 Å².